The van der Waals surface area contributed by atoms with Gasteiger partial charge in [0.2, 0.25) is 0 Å². The van der Waals surface area contributed by atoms with Crippen molar-refractivity contribution in [3.63, 3.8) is 0 Å². The molecule has 1 aliphatic heterocycles. The number of aliphatic hydroxyl groups excluding tert-OH is 1. The fourth-order valence-corrected chi connectivity index (χ4v) is 4.16. The zero-order chi connectivity index (χ0) is 10.2. The molecule has 0 aliphatic carbocycles. The number of benzene rings is 1. The summed E-state index contributed by atoms with van der Waals surface area (Å²) in [7, 11) is 0.260. The van der Waals surface area contributed by atoms with Gasteiger partial charge in [0.05, 0.1) is 0 Å². The van der Waals surface area contributed by atoms with Crippen LogP contribution in [0.15, 0.2) is 30.3 Å². The monoisotopic (exact) mass is 210 g/mol. The highest BCUT2D eigenvalue weighted by atomic mass is 31.1. The molecule has 0 unspecified atom stereocenters. The van der Waals surface area contributed by atoms with Crippen LogP contribution < -0.4 is 5.30 Å². The van der Waals surface area contributed by atoms with Crippen molar-refractivity contribution in [2.24, 2.45) is 0 Å². The smallest absolute Gasteiger partial charge is 0.0402 e. The molecular formula is C12H19OP. The molecule has 0 bridgehead atoms. The van der Waals surface area contributed by atoms with Gasteiger partial charge in [-0.15, -0.1) is 0 Å². The molecule has 14 heavy (non-hydrogen) atoms. The summed E-state index contributed by atoms with van der Waals surface area (Å²) in [5.41, 5.74) is 0. The van der Waals surface area contributed by atoms with E-state index in [4.69, 9.17) is 5.11 Å². The summed E-state index contributed by atoms with van der Waals surface area (Å²) in [6.45, 7) is 1.93. The molecule has 0 atom stereocenters. The van der Waals surface area contributed by atoms with E-state index in [0.717, 1.165) is 0 Å². The van der Waals surface area contributed by atoms with Gasteiger partial charge in [-0.3, -0.25) is 0 Å². The van der Waals surface area contributed by atoms with Gasteiger partial charge in [-0.05, 0) is 37.4 Å². The van der Waals surface area contributed by atoms with Gasteiger partial charge < -0.3 is 5.11 Å². The highest BCUT2D eigenvalue weighted by Gasteiger charge is 2.14. The van der Waals surface area contributed by atoms with E-state index in [-0.39, 0.29) is 14.5 Å². The molecule has 0 aromatic heterocycles. The molecule has 1 fully saturated rings. The maximum atomic E-state index is 7.57. The fraction of sp³-hybridized carbons (Fsp3) is 0.500. The lowest BCUT2D eigenvalue weighted by Gasteiger charge is -2.08. The molecule has 1 N–H and O–H groups in total. The molecule has 1 aliphatic rings. The van der Waals surface area contributed by atoms with Crippen LogP contribution in [0, 0.1) is 0 Å². The van der Waals surface area contributed by atoms with Crippen LogP contribution in [0.25, 0.3) is 0 Å². The number of hydrogen-bond donors (Lipinski definition) is 1. The molecule has 1 aromatic rings. The highest BCUT2D eigenvalue weighted by molar-refractivity contribution is 7.65. The molecule has 0 spiro atoms. The second kappa shape index (κ2) is 6.98. The fourth-order valence-electron chi connectivity index (χ4n) is 1.61. The van der Waals surface area contributed by atoms with E-state index < -0.39 is 0 Å². The Bertz CT molecular complexity index is 229. The summed E-state index contributed by atoms with van der Waals surface area (Å²) in [6.07, 6.45) is 5.86. The highest BCUT2D eigenvalue weighted by Crippen LogP contribution is 2.41. The van der Waals surface area contributed by atoms with Crippen molar-refractivity contribution in [3.8, 4) is 0 Å². The Balaban J connectivity index is 0.000000293. The quantitative estimate of drug-likeness (QED) is 0.706. The van der Waals surface area contributed by atoms with Gasteiger partial charge in [0, 0.05) is 6.61 Å². The van der Waals surface area contributed by atoms with E-state index in [1.54, 1.807) is 12.2 Å². The zero-order valence-corrected chi connectivity index (χ0v) is 9.71. The number of aliphatic hydroxyl groups is 1. The first kappa shape index (κ1) is 11.7. The number of hydrogen-bond acceptors (Lipinski definition) is 1. The lowest BCUT2D eigenvalue weighted by molar-refractivity contribution is 0.318. The summed E-state index contributed by atoms with van der Waals surface area (Å²) < 4.78 is 0. The van der Waals surface area contributed by atoms with Gasteiger partial charge in [0.1, 0.15) is 0 Å². The minimum atomic E-state index is 0.250. The standard InChI is InChI=1S/C10H13P.C2H6O/c1-2-6-10(7-3-1)11-8-4-5-9-11;1-2-3/h1-3,6-7H,4-5,8-9H2;3H,2H2,1H3. The third kappa shape index (κ3) is 3.77. The summed E-state index contributed by atoms with van der Waals surface area (Å²) in [5, 5.41) is 9.18. The topological polar surface area (TPSA) is 20.2 Å². The minimum absolute atomic E-state index is 0.250. The molecule has 2 rings (SSSR count). The molecular weight excluding hydrogens is 191 g/mol. The van der Waals surface area contributed by atoms with Crippen molar-refractivity contribution in [1.82, 2.24) is 0 Å². The van der Waals surface area contributed by atoms with Crippen LogP contribution in [0.2, 0.25) is 0 Å². The SMILES string of the molecule is CCO.c1ccc(P2CCCC2)cc1. The first-order valence-electron chi connectivity index (χ1n) is 5.29. The van der Waals surface area contributed by atoms with Gasteiger partial charge in [-0.25, -0.2) is 0 Å². The zero-order valence-electron chi connectivity index (χ0n) is 8.82. The summed E-state index contributed by atoms with van der Waals surface area (Å²) >= 11 is 0. The van der Waals surface area contributed by atoms with E-state index in [0.29, 0.717) is 0 Å². The second-order valence-corrected chi connectivity index (χ2v) is 5.84. The van der Waals surface area contributed by atoms with Gasteiger partial charge in [-0.1, -0.05) is 38.3 Å². The van der Waals surface area contributed by atoms with E-state index in [9.17, 15) is 0 Å². The van der Waals surface area contributed by atoms with E-state index in [2.05, 4.69) is 30.3 Å². The molecule has 1 aromatic carbocycles. The minimum Gasteiger partial charge on any atom is -0.397 e. The normalized spacial score (nSPS) is 16.1. The van der Waals surface area contributed by atoms with Crippen LogP contribution in [0.4, 0.5) is 0 Å². The van der Waals surface area contributed by atoms with Crippen molar-refractivity contribution >= 4 is 13.2 Å². The average molecular weight is 210 g/mol. The van der Waals surface area contributed by atoms with Crippen LogP contribution in [0.5, 0.6) is 0 Å². The molecule has 1 nitrogen and oxygen atoms in total. The molecule has 1 heterocycles. The van der Waals surface area contributed by atoms with Gasteiger partial charge in [0.25, 0.3) is 0 Å². The maximum absolute atomic E-state index is 7.57. The van der Waals surface area contributed by atoms with Crippen molar-refractivity contribution in [3.05, 3.63) is 30.3 Å². The van der Waals surface area contributed by atoms with E-state index in [1.165, 1.54) is 25.2 Å². The molecule has 2 heteroatoms. The van der Waals surface area contributed by atoms with Crippen LogP contribution in [-0.2, 0) is 0 Å². The molecule has 0 radical (unpaired) electrons. The molecule has 0 saturated carbocycles. The van der Waals surface area contributed by atoms with Crippen LogP contribution in [-0.4, -0.2) is 24.0 Å². The summed E-state index contributed by atoms with van der Waals surface area (Å²) in [5.74, 6) is 0. The van der Waals surface area contributed by atoms with Crippen molar-refractivity contribution < 1.29 is 5.11 Å². The third-order valence-electron chi connectivity index (χ3n) is 2.23. The van der Waals surface area contributed by atoms with Crippen LogP contribution in [0.3, 0.4) is 0 Å². The number of rotatable bonds is 1. The largest absolute Gasteiger partial charge is 0.397 e. The Morgan fingerprint density at radius 1 is 1.14 bits per heavy atom. The van der Waals surface area contributed by atoms with Crippen molar-refractivity contribution in [1.29, 1.82) is 0 Å². The third-order valence-corrected chi connectivity index (χ3v) is 4.97. The molecule has 78 valence electrons. The Morgan fingerprint density at radius 3 is 2.14 bits per heavy atom. The maximum Gasteiger partial charge on any atom is 0.0402 e. The summed E-state index contributed by atoms with van der Waals surface area (Å²) in [4.78, 5) is 0. The van der Waals surface area contributed by atoms with Gasteiger partial charge in [0.15, 0.2) is 0 Å². The van der Waals surface area contributed by atoms with Gasteiger partial charge >= 0.3 is 0 Å². The molecule has 1 saturated heterocycles. The first-order valence-corrected chi connectivity index (χ1v) is 7.00. The Kier molecular flexibility index (Phi) is 5.82. The predicted molar refractivity (Wildman–Crippen MR) is 64.7 cm³/mol. The second-order valence-electron chi connectivity index (χ2n) is 3.35. The lowest BCUT2D eigenvalue weighted by Crippen LogP contribution is -1.99. The Hall–Kier alpha value is -0.390. The van der Waals surface area contributed by atoms with Crippen molar-refractivity contribution in [2.75, 3.05) is 18.9 Å². The average Bonchev–Trinajstić information content (AvgIpc) is 2.73. The van der Waals surface area contributed by atoms with E-state index in [1.807, 2.05) is 0 Å². The molecule has 0 amide bonds. The summed E-state index contributed by atoms with van der Waals surface area (Å²) in [6, 6.07) is 11.0. The van der Waals surface area contributed by atoms with E-state index >= 15 is 0 Å². The first-order chi connectivity index (χ1) is 6.88. The Morgan fingerprint density at radius 2 is 1.64 bits per heavy atom. The Labute approximate surface area is 87.9 Å². The van der Waals surface area contributed by atoms with Crippen molar-refractivity contribution in [2.45, 2.75) is 19.8 Å². The van der Waals surface area contributed by atoms with Crippen LogP contribution in [0.1, 0.15) is 19.8 Å². The van der Waals surface area contributed by atoms with Crippen LogP contribution >= 0.6 is 7.92 Å². The van der Waals surface area contributed by atoms with Gasteiger partial charge in [-0.2, -0.15) is 0 Å². The lowest BCUT2D eigenvalue weighted by atomic mass is 10.4. The predicted octanol–water partition coefficient (Wildman–Crippen LogP) is 2.59.